The average molecular weight is 218 g/mol. The Bertz CT molecular complexity index is 95.0. The van der Waals surface area contributed by atoms with E-state index in [9.17, 15) is 0 Å². The molecule has 0 aliphatic rings. The van der Waals surface area contributed by atoms with E-state index >= 15 is 0 Å². The molecule has 0 aliphatic heterocycles. The van der Waals surface area contributed by atoms with Crippen LogP contribution in [0.1, 0.15) is 38.5 Å². The molecule has 3 heteroatoms. The molecule has 0 bridgehead atoms. The molecule has 0 amide bonds. The lowest BCUT2D eigenvalue weighted by molar-refractivity contribution is 0.119. The summed E-state index contributed by atoms with van der Waals surface area (Å²) in [7, 11) is 3.49. The number of hydrogen-bond donors (Lipinski definition) is 0. The first-order valence-corrected chi connectivity index (χ1v) is 5.97. The van der Waals surface area contributed by atoms with Crippen molar-refractivity contribution in [3.8, 4) is 0 Å². The predicted octanol–water partition coefficient (Wildman–Crippen LogP) is 2.64. The van der Waals surface area contributed by atoms with Gasteiger partial charge >= 0.3 is 0 Å². The van der Waals surface area contributed by atoms with Crippen LogP contribution in [0.5, 0.6) is 0 Å². The maximum atomic E-state index is 5.51. The highest BCUT2D eigenvalue weighted by Crippen LogP contribution is 1.99. The summed E-state index contributed by atoms with van der Waals surface area (Å²) in [6, 6.07) is 0. The number of unbranched alkanes of at least 4 members (excludes halogenated alkanes) is 4. The molecule has 0 saturated carbocycles. The van der Waals surface area contributed by atoms with Crippen molar-refractivity contribution >= 4 is 0 Å². The van der Waals surface area contributed by atoms with Gasteiger partial charge in [-0.1, -0.05) is 0 Å². The van der Waals surface area contributed by atoms with E-state index in [1.165, 1.54) is 12.8 Å². The van der Waals surface area contributed by atoms with Crippen LogP contribution in [0, 0.1) is 0 Å². The zero-order valence-electron chi connectivity index (χ0n) is 10.3. The SMILES string of the molecule is COCCCCCOCCCCCOC. The van der Waals surface area contributed by atoms with Gasteiger partial charge in [0.1, 0.15) is 0 Å². The smallest absolute Gasteiger partial charge is 0.0466 e. The lowest BCUT2D eigenvalue weighted by Gasteiger charge is -2.04. The van der Waals surface area contributed by atoms with Crippen molar-refractivity contribution in [3.05, 3.63) is 0 Å². The Morgan fingerprint density at radius 2 is 0.933 bits per heavy atom. The molecular formula is C12H26O3. The van der Waals surface area contributed by atoms with E-state index in [0.717, 1.165) is 52.1 Å². The van der Waals surface area contributed by atoms with Gasteiger partial charge in [0.15, 0.2) is 0 Å². The summed E-state index contributed by atoms with van der Waals surface area (Å²) < 4.78 is 15.5. The van der Waals surface area contributed by atoms with Crippen LogP contribution >= 0.6 is 0 Å². The third-order valence-electron chi connectivity index (χ3n) is 2.27. The van der Waals surface area contributed by atoms with Gasteiger partial charge in [0, 0.05) is 40.6 Å². The molecule has 92 valence electrons. The maximum Gasteiger partial charge on any atom is 0.0466 e. The molecule has 0 heterocycles. The predicted molar refractivity (Wildman–Crippen MR) is 62.3 cm³/mol. The van der Waals surface area contributed by atoms with E-state index in [-0.39, 0.29) is 0 Å². The Morgan fingerprint density at radius 1 is 0.533 bits per heavy atom. The van der Waals surface area contributed by atoms with Crippen molar-refractivity contribution in [1.82, 2.24) is 0 Å². The van der Waals surface area contributed by atoms with Crippen molar-refractivity contribution in [2.45, 2.75) is 38.5 Å². The third-order valence-corrected chi connectivity index (χ3v) is 2.27. The van der Waals surface area contributed by atoms with E-state index in [0.29, 0.717) is 0 Å². The highest BCUT2D eigenvalue weighted by Gasteiger charge is 1.91. The number of hydrogen-bond acceptors (Lipinski definition) is 3. The minimum atomic E-state index is 0.872. The zero-order valence-corrected chi connectivity index (χ0v) is 10.3. The number of rotatable bonds is 12. The molecule has 0 N–H and O–H groups in total. The second-order valence-corrected chi connectivity index (χ2v) is 3.72. The van der Waals surface area contributed by atoms with Crippen molar-refractivity contribution < 1.29 is 14.2 Å². The molecule has 3 nitrogen and oxygen atoms in total. The zero-order chi connectivity index (χ0) is 11.2. The van der Waals surface area contributed by atoms with Crippen molar-refractivity contribution in [2.75, 3.05) is 40.6 Å². The minimum Gasteiger partial charge on any atom is -0.385 e. The summed E-state index contributed by atoms with van der Waals surface area (Å²) >= 11 is 0. The van der Waals surface area contributed by atoms with Gasteiger partial charge in [0.05, 0.1) is 0 Å². The lowest BCUT2D eigenvalue weighted by Crippen LogP contribution is -1.99. The van der Waals surface area contributed by atoms with E-state index in [2.05, 4.69) is 0 Å². The quantitative estimate of drug-likeness (QED) is 0.471. The van der Waals surface area contributed by atoms with Gasteiger partial charge in [-0.25, -0.2) is 0 Å². The van der Waals surface area contributed by atoms with Crippen LogP contribution in [0.2, 0.25) is 0 Å². The molecule has 0 spiro atoms. The fraction of sp³-hybridized carbons (Fsp3) is 1.00. The summed E-state index contributed by atoms with van der Waals surface area (Å²) in [5.41, 5.74) is 0. The molecule has 0 aromatic carbocycles. The van der Waals surface area contributed by atoms with Crippen molar-refractivity contribution in [2.24, 2.45) is 0 Å². The van der Waals surface area contributed by atoms with Crippen molar-refractivity contribution in [1.29, 1.82) is 0 Å². The van der Waals surface area contributed by atoms with Gasteiger partial charge in [0.25, 0.3) is 0 Å². The second-order valence-electron chi connectivity index (χ2n) is 3.72. The van der Waals surface area contributed by atoms with Crippen LogP contribution in [-0.2, 0) is 14.2 Å². The fourth-order valence-corrected chi connectivity index (χ4v) is 1.36. The van der Waals surface area contributed by atoms with Gasteiger partial charge in [0.2, 0.25) is 0 Å². The molecule has 0 fully saturated rings. The van der Waals surface area contributed by atoms with Gasteiger partial charge in [-0.05, 0) is 38.5 Å². The van der Waals surface area contributed by atoms with E-state index in [1.54, 1.807) is 14.2 Å². The highest BCUT2D eigenvalue weighted by atomic mass is 16.5. The van der Waals surface area contributed by atoms with E-state index in [4.69, 9.17) is 14.2 Å². The Hall–Kier alpha value is -0.120. The van der Waals surface area contributed by atoms with Gasteiger partial charge in [-0.2, -0.15) is 0 Å². The second kappa shape index (κ2) is 13.9. The monoisotopic (exact) mass is 218 g/mol. The molecule has 0 rings (SSSR count). The minimum absolute atomic E-state index is 0.872. The molecule has 0 saturated heterocycles. The van der Waals surface area contributed by atoms with Crippen LogP contribution < -0.4 is 0 Å². The third kappa shape index (κ3) is 13.9. The fourth-order valence-electron chi connectivity index (χ4n) is 1.36. The molecule has 0 aromatic rings. The average Bonchev–Trinajstić information content (AvgIpc) is 2.26. The van der Waals surface area contributed by atoms with Crippen LogP contribution in [0.4, 0.5) is 0 Å². The van der Waals surface area contributed by atoms with Crippen LogP contribution in [0.15, 0.2) is 0 Å². The van der Waals surface area contributed by atoms with E-state index < -0.39 is 0 Å². The molecule has 0 aromatic heterocycles. The topological polar surface area (TPSA) is 27.7 Å². The molecular weight excluding hydrogens is 192 g/mol. The summed E-state index contributed by atoms with van der Waals surface area (Å²) in [4.78, 5) is 0. The Kier molecular flexibility index (Phi) is 13.8. The van der Waals surface area contributed by atoms with Crippen LogP contribution in [-0.4, -0.2) is 40.6 Å². The lowest BCUT2D eigenvalue weighted by atomic mass is 10.2. The Labute approximate surface area is 94.1 Å². The Balaban J connectivity index is 2.81. The first-order valence-electron chi connectivity index (χ1n) is 5.97. The summed E-state index contributed by atoms with van der Waals surface area (Å²) in [5, 5.41) is 0. The van der Waals surface area contributed by atoms with E-state index in [1.807, 2.05) is 0 Å². The molecule has 0 atom stereocenters. The van der Waals surface area contributed by atoms with Crippen LogP contribution in [0.25, 0.3) is 0 Å². The number of ether oxygens (including phenoxy) is 3. The molecule has 15 heavy (non-hydrogen) atoms. The summed E-state index contributed by atoms with van der Waals surface area (Å²) in [5.74, 6) is 0. The number of methoxy groups -OCH3 is 2. The first kappa shape index (κ1) is 14.9. The standard InChI is InChI=1S/C12H26O3/c1-13-9-5-3-7-11-15-12-8-4-6-10-14-2/h3-12H2,1-2H3. The summed E-state index contributed by atoms with van der Waals surface area (Å²) in [6.45, 7) is 3.54. The van der Waals surface area contributed by atoms with Crippen LogP contribution in [0.3, 0.4) is 0 Å². The molecule has 0 aliphatic carbocycles. The van der Waals surface area contributed by atoms with Gasteiger partial charge in [-0.15, -0.1) is 0 Å². The Morgan fingerprint density at radius 3 is 1.33 bits per heavy atom. The highest BCUT2D eigenvalue weighted by molar-refractivity contribution is 4.42. The van der Waals surface area contributed by atoms with Crippen molar-refractivity contribution in [3.63, 3.8) is 0 Å². The summed E-state index contributed by atoms with van der Waals surface area (Å²) in [6.07, 6.45) is 7.01. The van der Waals surface area contributed by atoms with Gasteiger partial charge < -0.3 is 14.2 Å². The largest absolute Gasteiger partial charge is 0.385 e. The maximum absolute atomic E-state index is 5.51. The normalized spacial score (nSPS) is 10.8. The molecule has 0 radical (unpaired) electrons. The van der Waals surface area contributed by atoms with Gasteiger partial charge in [-0.3, -0.25) is 0 Å². The first-order chi connectivity index (χ1) is 7.41. The molecule has 0 unspecified atom stereocenters.